The highest BCUT2D eigenvalue weighted by Gasteiger charge is 2.67. The van der Waals surface area contributed by atoms with Gasteiger partial charge in [0.25, 0.3) is 0 Å². The molecule has 2 aromatic carbocycles. The van der Waals surface area contributed by atoms with E-state index in [1.54, 1.807) is 0 Å². The van der Waals surface area contributed by atoms with E-state index in [0.29, 0.717) is 37.9 Å². The van der Waals surface area contributed by atoms with Gasteiger partial charge in [-0.3, -0.25) is 0 Å². The van der Waals surface area contributed by atoms with Gasteiger partial charge in [-0.2, -0.15) is 0 Å². The average molecular weight is 575 g/mol. The number of hydrogen-bond donors (Lipinski definition) is 1. The molecule has 0 spiro atoms. The molecule has 0 aliphatic carbocycles. The monoisotopic (exact) mass is 574 g/mol. The Bertz CT molecular complexity index is 1110. The van der Waals surface area contributed by atoms with E-state index >= 15 is 0 Å². The van der Waals surface area contributed by atoms with Gasteiger partial charge < -0.3 is 33.5 Å². The van der Waals surface area contributed by atoms with E-state index in [9.17, 15) is 5.11 Å². The van der Waals surface area contributed by atoms with Crippen LogP contribution in [0.3, 0.4) is 0 Å². The summed E-state index contributed by atoms with van der Waals surface area (Å²) >= 11 is 6.72. The maximum atomic E-state index is 10.5. The molecule has 5 rings (SSSR count). The Morgan fingerprint density at radius 3 is 2.38 bits per heavy atom. The van der Waals surface area contributed by atoms with Crippen LogP contribution in [0.5, 0.6) is 5.75 Å². The molecule has 0 amide bonds. The summed E-state index contributed by atoms with van der Waals surface area (Å²) < 4.78 is 37.5. The summed E-state index contributed by atoms with van der Waals surface area (Å²) in [5.74, 6) is -0.487. The Hall–Kier alpha value is -1.71. The normalized spacial score (nSPS) is 29.9. The highest BCUT2D eigenvalue weighted by Crippen LogP contribution is 2.54. The van der Waals surface area contributed by atoms with E-state index in [1.165, 1.54) is 0 Å². The van der Waals surface area contributed by atoms with Gasteiger partial charge in [0.05, 0.1) is 32.5 Å². The maximum Gasteiger partial charge on any atom is 0.225 e. The molecule has 1 N–H and O–H groups in total. The van der Waals surface area contributed by atoms with E-state index < -0.39 is 17.5 Å². The highest BCUT2D eigenvalue weighted by molar-refractivity contribution is 6.31. The van der Waals surface area contributed by atoms with Crippen molar-refractivity contribution in [2.24, 2.45) is 5.92 Å². The van der Waals surface area contributed by atoms with Gasteiger partial charge >= 0.3 is 0 Å². The number of unbranched alkanes of at least 4 members (excludes halogenated alkanes) is 2. The SMILES string of the molecule is CCCCOC1[C@@H](OCCCC)[C@H](C)C2(CO)COC1(c1ccc(Cl)c(Cc3ccc(OC4COC4)cc3)c1)O2. The molecular weight excluding hydrogens is 532 g/mol. The molecule has 0 saturated carbocycles. The van der Waals surface area contributed by atoms with Gasteiger partial charge in [-0.1, -0.05) is 63.4 Å². The predicted molar refractivity (Wildman–Crippen MR) is 153 cm³/mol. The van der Waals surface area contributed by atoms with Crippen LogP contribution in [-0.2, 0) is 35.9 Å². The third kappa shape index (κ3) is 5.93. The number of aliphatic hydroxyl groups is 1. The summed E-state index contributed by atoms with van der Waals surface area (Å²) in [6, 6.07) is 14.0. The molecular formula is C32H43ClO7. The number of rotatable bonds is 14. The molecule has 3 unspecified atom stereocenters. The van der Waals surface area contributed by atoms with Gasteiger partial charge in [0, 0.05) is 29.7 Å². The Labute approximate surface area is 243 Å². The molecule has 3 saturated heterocycles. The molecule has 2 bridgehead atoms. The molecule has 40 heavy (non-hydrogen) atoms. The summed E-state index contributed by atoms with van der Waals surface area (Å²) in [5, 5.41) is 11.2. The zero-order chi connectivity index (χ0) is 28.2. The zero-order valence-corrected chi connectivity index (χ0v) is 24.7. The van der Waals surface area contributed by atoms with Crippen LogP contribution in [0, 0.1) is 5.92 Å². The van der Waals surface area contributed by atoms with Crippen LogP contribution < -0.4 is 4.74 Å². The first-order chi connectivity index (χ1) is 19.4. The summed E-state index contributed by atoms with van der Waals surface area (Å²) in [4.78, 5) is 0. The molecule has 0 aromatic heterocycles. The van der Waals surface area contributed by atoms with Crippen LogP contribution in [0.25, 0.3) is 0 Å². The fourth-order valence-corrected chi connectivity index (χ4v) is 5.91. The minimum absolute atomic E-state index is 0.115. The van der Waals surface area contributed by atoms with Crippen LogP contribution in [0.4, 0.5) is 0 Å². The largest absolute Gasteiger partial charge is 0.486 e. The second-order valence-corrected chi connectivity index (χ2v) is 11.7. The van der Waals surface area contributed by atoms with Crippen LogP contribution in [0.2, 0.25) is 5.02 Å². The fraction of sp³-hybridized carbons (Fsp3) is 0.625. The van der Waals surface area contributed by atoms with Gasteiger partial charge in [-0.25, -0.2) is 0 Å². The standard InChI is InChI=1S/C32H43ClO7/c1-4-6-14-36-29-22(3)31(20-34)21-38-32(40-31,30(29)37-15-7-5-2)25-10-13-28(33)24(17-25)16-23-8-11-26(12-9-23)39-27-18-35-19-27/h8-13,17,22,27,29-30,34H,4-7,14-16,18-21H2,1-3H3/t22-,29-,30?,31?,32?/m0/s1. The minimum atomic E-state index is -1.21. The molecule has 0 radical (unpaired) electrons. The van der Waals surface area contributed by atoms with E-state index in [1.807, 2.05) is 24.3 Å². The third-order valence-electron chi connectivity index (χ3n) is 8.43. The number of fused-ring (bicyclic) bond motifs is 2. The number of aliphatic hydroxyl groups excluding tert-OH is 1. The second-order valence-electron chi connectivity index (χ2n) is 11.3. The molecule has 3 aliphatic rings. The Morgan fingerprint density at radius 1 is 1.00 bits per heavy atom. The van der Waals surface area contributed by atoms with Gasteiger partial charge in [0.2, 0.25) is 5.79 Å². The Kier molecular flexibility index (Phi) is 9.73. The van der Waals surface area contributed by atoms with Crippen molar-refractivity contribution in [3.8, 4) is 5.75 Å². The van der Waals surface area contributed by atoms with Crippen molar-refractivity contribution in [1.82, 2.24) is 0 Å². The van der Waals surface area contributed by atoms with Gasteiger partial charge in [0.1, 0.15) is 23.6 Å². The number of hydrogen-bond acceptors (Lipinski definition) is 7. The quantitative estimate of drug-likeness (QED) is 0.292. The third-order valence-corrected chi connectivity index (χ3v) is 8.80. The maximum absolute atomic E-state index is 10.5. The minimum Gasteiger partial charge on any atom is -0.486 e. The number of benzene rings is 2. The fourth-order valence-electron chi connectivity index (χ4n) is 5.72. The lowest BCUT2D eigenvalue weighted by Gasteiger charge is -2.50. The van der Waals surface area contributed by atoms with Crippen molar-refractivity contribution < 1.29 is 33.5 Å². The first-order valence-corrected chi connectivity index (χ1v) is 15.1. The lowest BCUT2D eigenvalue weighted by atomic mass is 9.78. The molecule has 3 heterocycles. The second kappa shape index (κ2) is 13.1. The van der Waals surface area contributed by atoms with Crippen molar-refractivity contribution in [3.63, 3.8) is 0 Å². The molecule has 3 aliphatic heterocycles. The molecule has 220 valence electrons. The van der Waals surface area contributed by atoms with Gasteiger partial charge in [0.15, 0.2) is 0 Å². The van der Waals surface area contributed by atoms with Gasteiger partial charge in [-0.15, -0.1) is 0 Å². The Morgan fingerprint density at radius 2 is 1.73 bits per heavy atom. The lowest BCUT2D eigenvalue weighted by Crippen LogP contribution is -2.63. The summed E-state index contributed by atoms with van der Waals surface area (Å²) in [6.07, 6.45) is 3.91. The van der Waals surface area contributed by atoms with Crippen LogP contribution in [0.15, 0.2) is 42.5 Å². The Balaban J connectivity index is 1.44. The van der Waals surface area contributed by atoms with Crippen molar-refractivity contribution in [2.75, 3.05) is 39.6 Å². The topological polar surface area (TPSA) is 75.6 Å². The van der Waals surface area contributed by atoms with E-state index in [-0.39, 0.29) is 31.3 Å². The van der Waals surface area contributed by atoms with Crippen LogP contribution in [0.1, 0.15) is 63.1 Å². The molecule has 7 nitrogen and oxygen atoms in total. The number of ether oxygens (including phenoxy) is 6. The molecule has 3 fully saturated rings. The van der Waals surface area contributed by atoms with Crippen LogP contribution >= 0.6 is 11.6 Å². The molecule has 2 aromatic rings. The number of halogens is 1. The smallest absolute Gasteiger partial charge is 0.225 e. The first-order valence-electron chi connectivity index (χ1n) is 14.7. The van der Waals surface area contributed by atoms with Crippen molar-refractivity contribution in [1.29, 1.82) is 0 Å². The lowest BCUT2D eigenvalue weighted by molar-refractivity contribution is -0.333. The zero-order valence-electron chi connectivity index (χ0n) is 23.9. The summed E-state index contributed by atoms with van der Waals surface area (Å²) in [7, 11) is 0. The van der Waals surface area contributed by atoms with Crippen molar-refractivity contribution in [3.05, 3.63) is 64.2 Å². The molecule has 5 atom stereocenters. The van der Waals surface area contributed by atoms with Gasteiger partial charge in [-0.05, 0) is 54.7 Å². The first kappa shape index (κ1) is 29.8. The van der Waals surface area contributed by atoms with Crippen molar-refractivity contribution >= 4 is 11.6 Å². The summed E-state index contributed by atoms with van der Waals surface area (Å²) in [6.45, 7) is 8.93. The van der Waals surface area contributed by atoms with E-state index in [0.717, 1.165) is 48.1 Å². The summed E-state index contributed by atoms with van der Waals surface area (Å²) in [5.41, 5.74) is 2.02. The highest BCUT2D eigenvalue weighted by atomic mass is 35.5. The van der Waals surface area contributed by atoms with Crippen molar-refractivity contribution in [2.45, 2.75) is 82.6 Å². The van der Waals surface area contributed by atoms with E-state index in [2.05, 4.69) is 39.0 Å². The average Bonchev–Trinajstić information content (AvgIpc) is 3.32. The van der Waals surface area contributed by atoms with Crippen LogP contribution in [-0.4, -0.2) is 68.7 Å². The predicted octanol–water partition coefficient (Wildman–Crippen LogP) is 5.66. The molecule has 8 heteroatoms. The van der Waals surface area contributed by atoms with E-state index in [4.69, 9.17) is 40.0 Å².